The molecule has 0 fully saturated rings. The molecule has 0 aliphatic carbocycles. The van der Waals surface area contributed by atoms with Crippen molar-refractivity contribution in [3.05, 3.63) is 23.8 Å². The number of rotatable bonds is 8. The number of methoxy groups -OCH3 is 1. The zero-order valence-corrected chi connectivity index (χ0v) is 14.1. The lowest BCUT2D eigenvalue weighted by Gasteiger charge is -2.31. The lowest BCUT2D eigenvalue weighted by Crippen LogP contribution is -2.47. The van der Waals surface area contributed by atoms with Crippen LogP contribution in [0.4, 0.5) is 0 Å². The van der Waals surface area contributed by atoms with E-state index >= 15 is 0 Å². The average molecular weight is 314 g/mol. The normalized spacial score (nSPS) is 12.4. The van der Waals surface area contributed by atoms with Gasteiger partial charge in [0.05, 0.1) is 7.11 Å². The van der Waals surface area contributed by atoms with Crippen LogP contribution in [-0.4, -0.2) is 21.1 Å². The number of nitrogens with one attached hydrogen (secondary N) is 1. The van der Waals surface area contributed by atoms with Gasteiger partial charge in [0.25, 0.3) is 0 Å². The maximum absolute atomic E-state index is 12.7. The summed E-state index contributed by atoms with van der Waals surface area (Å²) in [5.41, 5.74) is 5.99. The highest BCUT2D eigenvalue weighted by molar-refractivity contribution is 7.89. The Balaban J connectivity index is 3.25. The minimum atomic E-state index is -3.64. The number of hydrogen-bond donors (Lipinski definition) is 2. The van der Waals surface area contributed by atoms with Crippen molar-refractivity contribution < 1.29 is 13.2 Å². The van der Waals surface area contributed by atoms with Gasteiger partial charge in [-0.15, -0.1) is 0 Å². The Kier molecular flexibility index (Phi) is 6.19. The molecule has 0 atom stereocenters. The molecule has 5 nitrogen and oxygen atoms in total. The highest BCUT2D eigenvalue weighted by atomic mass is 32.2. The highest BCUT2D eigenvalue weighted by Crippen LogP contribution is 2.28. The van der Waals surface area contributed by atoms with Gasteiger partial charge in [-0.2, -0.15) is 0 Å². The summed E-state index contributed by atoms with van der Waals surface area (Å²) in [5, 5.41) is 0. The third kappa shape index (κ3) is 3.96. The minimum Gasteiger partial charge on any atom is -0.495 e. The van der Waals surface area contributed by atoms with Crippen LogP contribution in [0.5, 0.6) is 5.75 Å². The second-order valence-electron chi connectivity index (χ2n) is 5.14. The largest absolute Gasteiger partial charge is 0.495 e. The van der Waals surface area contributed by atoms with Crippen LogP contribution < -0.4 is 15.2 Å². The van der Waals surface area contributed by atoms with Crippen molar-refractivity contribution in [2.75, 3.05) is 7.11 Å². The van der Waals surface area contributed by atoms with E-state index in [2.05, 4.69) is 4.72 Å². The molecule has 0 aromatic heterocycles. The summed E-state index contributed by atoms with van der Waals surface area (Å²) in [4.78, 5) is 0.155. The van der Waals surface area contributed by atoms with Gasteiger partial charge in [0.2, 0.25) is 10.0 Å². The molecule has 0 saturated heterocycles. The van der Waals surface area contributed by atoms with Gasteiger partial charge >= 0.3 is 0 Å². The Morgan fingerprint density at radius 2 is 1.76 bits per heavy atom. The SMILES string of the molecule is CCC(CC)(CC)NS(=O)(=O)c1ccc(CN)cc1OC. The molecule has 21 heavy (non-hydrogen) atoms. The summed E-state index contributed by atoms with van der Waals surface area (Å²) in [6.07, 6.45) is 2.22. The summed E-state index contributed by atoms with van der Waals surface area (Å²) < 4.78 is 33.4. The Bertz CT molecular complexity index is 558. The zero-order chi connectivity index (χ0) is 16.1. The first-order chi connectivity index (χ1) is 9.87. The standard InChI is InChI=1S/C15H26N2O3S/c1-5-15(6-2,7-3)17-21(18,19)14-9-8-12(11-16)10-13(14)20-4/h8-10,17H,5-7,11,16H2,1-4H3. The summed E-state index contributed by atoms with van der Waals surface area (Å²) in [6, 6.07) is 4.93. The second-order valence-corrected chi connectivity index (χ2v) is 6.79. The number of benzene rings is 1. The van der Waals surface area contributed by atoms with Crippen molar-refractivity contribution in [3.8, 4) is 5.75 Å². The number of nitrogens with two attached hydrogens (primary N) is 1. The third-order valence-electron chi connectivity index (χ3n) is 4.13. The van der Waals surface area contributed by atoms with Gasteiger partial charge in [-0.25, -0.2) is 13.1 Å². The number of sulfonamides is 1. The maximum atomic E-state index is 12.7. The fourth-order valence-electron chi connectivity index (χ4n) is 2.37. The van der Waals surface area contributed by atoms with Crippen molar-refractivity contribution in [2.45, 2.75) is 57.0 Å². The Hall–Kier alpha value is -1.11. The van der Waals surface area contributed by atoms with Crippen LogP contribution in [0.25, 0.3) is 0 Å². The van der Waals surface area contributed by atoms with Crippen LogP contribution in [0.3, 0.4) is 0 Å². The number of hydrogen-bond acceptors (Lipinski definition) is 4. The van der Waals surface area contributed by atoms with E-state index in [1.54, 1.807) is 18.2 Å². The second kappa shape index (κ2) is 7.24. The molecular weight excluding hydrogens is 288 g/mol. The molecular formula is C15H26N2O3S. The van der Waals surface area contributed by atoms with E-state index in [4.69, 9.17) is 10.5 Å². The van der Waals surface area contributed by atoms with Gasteiger partial charge < -0.3 is 10.5 Å². The topological polar surface area (TPSA) is 81.4 Å². The van der Waals surface area contributed by atoms with Crippen LogP contribution >= 0.6 is 0 Å². The monoisotopic (exact) mass is 314 g/mol. The Morgan fingerprint density at radius 1 is 1.19 bits per heavy atom. The molecule has 120 valence electrons. The van der Waals surface area contributed by atoms with E-state index in [0.717, 1.165) is 24.8 Å². The van der Waals surface area contributed by atoms with E-state index in [1.807, 2.05) is 20.8 Å². The molecule has 3 N–H and O–H groups in total. The highest BCUT2D eigenvalue weighted by Gasteiger charge is 2.31. The molecule has 0 heterocycles. The molecule has 1 aromatic carbocycles. The fraction of sp³-hybridized carbons (Fsp3) is 0.600. The predicted molar refractivity (Wildman–Crippen MR) is 84.8 cm³/mol. The molecule has 0 radical (unpaired) electrons. The minimum absolute atomic E-state index is 0.155. The molecule has 1 rings (SSSR count). The van der Waals surface area contributed by atoms with Gasteiger partial charge in [0, 0.05) is 12.1 Å². The van der Waals surface area contributed by atoms with E-state index in [1.165, 1.54) is 7.11 Å². The van der Waals surface area contributed by atoms with Crippen LogP contribution in [-0.2, 0) is 16.6 Å². The molecule has 6 heteroatoms. The summed E-state index contributed by atoms with van der Waals surface area (Å²) in [6.45, 7) is 6.31. The van der Waals surface area contributed by atoms with Gasteiger partial charge in [0.15, 0.2) is 0 Å². The van der Waals surface area contributed by atoms with Gasteiger partial charge in [-0.3, -0.25) is 0 Å². The quantitative estimate of drug-likeness (QED) is 0.772. The Morgan fingerprint density at radius 3 is 2.19 bits per heavy atom. The maximum Gasteiger partial charge on any atom is 0.244 e. The van der Waals surface area contributed by atoms with Crippen LogP contribution in [0.15, 0.2) is 23.1 Å². The number of ether oxygens (including phenoxy) is 1. The van der Waals surface area contributed by atoms with Crippen molar-refractivity contribution in [1.29, 1.82) is 0 Å². The zero-order valence-electron chi connectivity index (χ0n) is 13.3. The van der Waals surface area contributed by atoms with E-state index in [-0.39, 0.29) is 4.90 Å². The first kappa shape index (κ1) is 17.9. The average Bonchev–Trinajstić information content (AvgIpc) is 2.51. The smallest absolute Gasteiger partial charge is 0.244 e. The van der Waals surface area contributed by atoms with E-state index in [9.17, 15) is 8.42 Å². The van der Waals surface area contributed by atoms with Gasteiger partial charge in [-0.05, 0) is 37.0 Å². The molecule has 0 spiro atoms. The van der Waals surface area contributed by atoms with Gasteiger partial charge in [-0.1, -0.05) is 26.8 Å². The summed E-state index contributed by atoms with van der Waals surface area (Å²) >= 11 is 0. The molecule has 0 aliphatic rings. The van der Waals surface area contributed by atoms with Crippen LogP contribution in [0, 0.1) is 0 Å². The van der Waals surface area contributed by atoms with Crippen molar-refractivity contribution in [3.63, 3.8) is 0 Å². The first-order valence-electron chi connectivity index (χ1n) is 7.29. The van der Waals surface area contributed by atoms with Crippen molar-refractivity contribution in [1.82, 2.24) is 4.72 Å². The molecule has 0 bridgehead atoms. The van der Waals surface area contributed by atoms with Crippen LogP contribution in [0.1, 0.15) is 45.6 Å². The predicted octanol–water partition coefficient (Wildman–Crippen LogP) is 2.40. The fourth-order valence-corrected chi connectivity index (χ4v) is 4.13. The summed E-state index contributed by atoms with van der Waals surface area (Å²) in [5.74, 6) is 0.322. The first-order valence-corrected chi connectivity index (χ1v) is 8.77. The van der Waals surface area contributed by atoms with E-state index < -0.39 is 15.6 Å². The molecule has 0 saturated carbocycles. The van der Waals surface area contributed by atoms with E-state index in [0.29, 0.717) is 12.3 Å². The van der Waals surface area contributed by atoms with Crippen LogP contribution in [0.2, 0.25) is 0 Å². The summed E-state index contributed by atoms with van der Waals surface area (Å²) in [7, 11) is -2.18. The molecule has 1 aromatic rings. The van der Waals surface area contributed by atoms with Crippen molar-refractivity contribution >= 4 is 10.0 Å². The Labute approximate surface area is 127 Å². The lowest BCUT2D eigenvalue weighted by atomic mass is 9.91. The van der Waals surface area contributed by atoms with Gasteiger partial charge in [0.1, 0.15) is 10.6 Å². The lowest BCUT2D eigenvalue weighted by molar-refractivity contribution is 0.340. The third-order valence-corrected chi connectivity index (χ3v) is 5.75. The molecule has 0 aliphatic heterocycles. The molecule has 0 amide bonds. The van der Waals surface area contributed by atoms with Crippen molar-refractivity contribution in [2.24, 2.45) is 5.73 Å². The molecule has 0 unspecified atom stereocenters.